The fraction of sp³-hybridized carbons (Fsp3) is 0.750. The fourth-order valence-corrected chi connectivity index (χ4v) is 2.85. The summed E-state index contributed by atoms with van der Waals surface area (Å²) in [4.78, 5) is 26.9. The number of nitrogens with zero attached hydrogens (tertiary/aromatic N) is 2. The largest absolute Gasteiger partial charge is 0.340 e. The smallest absolute Gasteiger partial charge is 0.325 e. The number of rotatable bonds is 5. The second-order valence-electron chi connectivity index (χ2n) is 5.00. The highest BCUT2D eigenvalue weighted by molar-refractivity contribution is 7.80. The van der Waals surface area contributed by atoms with Crippen LogP contribution in [0.4, 0.5) is 4.79 Å². The Morgan fingerprint density at radius 1 is 1.26 bits per heavy atom. The molecule has 2 N–H and O–H groups in total. The van der Waals surface area contributed by atoms with E-state index in [4.69, 9.17) is 12.2 Å². The number of carbonyl (C=O) groups is 2. The van der Waals surface area contributed by atoms with Crippen molar-refractivity contribution >= 4 is 29.3 Å². The predicted octanol–water partition coefficient (Wildman–Crippen LogP) is 0.633. The van der Waals surface area contributed by atoms with Gasteiger partial charge in [-0.25, -0.2) is 4.79 Å². The van der Waals surface area contributed by atoms with Crippen molar-refractivity contribution in [2.75, 3.05) is 13.6 Å². The van der Waals surface area contributed by atoms with Crippen LogP contribution in [-0.2, 0) is 4.79 Å². The van der Waals surface area contributed by atoms with Gasteiger partial charge in [-0.05, 0) is 18.6 Å². The van der Waals surface area contributed by atoms with Crippen LogP contribution >= 0.6 is 12.2 Å². The van der Waals surface area contributed by atoms with Crippen molar-refractivity contribution in [3.63, 3.8) is 0 Å². The average Bonchev–Trinajstić information content (AvgIpc) is 2.70. The van der Waals surface area contributed by atoms with Crippen LogP contribution in [0.1, 0.15) is 32.6 Å². The predicted molar refractivity (Wildman–Crippen MR) is 75.5 cm³/mol. The third-order valence-electron chi connectivity index (χ3n) is 3.66. The lowest BCUT2D eigenvalue weighted by atomic mass is 10.1. The topological polar surface area (TPSA) is 64.7 Å². The number of urea groups is 1. The summed E-state index contributed by atoms with van der Waals surface area (Å²) in [6.07, 6.45) is 4.15. The van der Waals surface area contributed by atoms with Gasteiger partial charge in [0.15, 0.2) is 5.11 Å². The number of likely N-dealkylation sites (N-methyl/N-ethyl adjacent to an activating group) is 1. The van der Waals surface area contributed by atoms with Gasteiger partial charge in [0.25, 0.3) is 5.91 Å². The van der Waals surface area contributed by atoms with Gasteiger partial charge in [0, 0.05) is 13.6 Å². The van der Waals surface area contributed by atoms with Crippen molar-refractivity contribution in [1.29, 1.82) is 0 Å². The number of nitrogens with one attached hydrogen (secondary N) is 2. The molecule has 2 heterocycles. The van der Waals surface area contributed by atoms with E-state index >= 15 is 0 Å². The minimum atomic E-state index is -0.406. The van der Waals surface area contributed by atoms with Crippen molar-refractivity contribution in [3.8, 4) is 0 Å². The number of amides is 3. The van der Waals surface area contributed by atoms with E-state index in [2.05, 4.69) is 17.6 Å². The van der Waals surface area contributed by atoms with Gasteiger partial charge >= 0.3 is 6.03 Å². The van der Waals surface area contributed by atoms with Gasteiger partial charge in [-0.15, -0.1) is 0 Å². The third-order valence-corrected chi connectivity index (χ3v) is 4.01. The van der Waals surface area contributed by atoms with Gasteiger partial charge in [0.1, 0.15) is 12.2 Å². The number of hydrogen-bond donors (Lipinski definition) is 2. The summed E-state index contributed by atoms with van der Waals surface area (Å²) in [6, 6.07) is -0.786. The maximum absolute atomic E-state index is 12.0. The lowest BCUT2D eigenvalue weighted by Gasteiger charge is -2.35. The molecule has 0 aromatic carbocycles. The lowest BCUT2D eigenvalue weighted by Crippen LogP contribution is -2.64. The molecule has 2 rings (SSSR count). The minimum Gasteiger partial charge on any atom is -0.340 e. The quantitative estimate of drug-likeness (QED) is 0.573. The van der Waals surface area contributed by atoms with E-state index in [9.17, 15) is 9.59 Å². The molecule has 0 aromatic heterocycles. The zero-order chi connectivity index (χ0) is 14.0. The first-order valence-electron chi connectivity index (χ1n) is 6.71. The second-order valence-corrected chi connectivity index (χ2v) is 5.39. The van der Waals surface area contributed by atoms with E-state index in [0.717, 1.165) is 19.4 Å². The van der Waals surface area contributed by atoms with Crippen LogP contribution in [0.15, 0.2) is 0 Å². The first-order valence-corrected chi connectivity index (χ1v) is 7.12. The van der Waals surface area contributed by atoms with Crippen molar-refractivity contribution < 1.29 is 9.59 Å². The van der Waals surface area contributed by atoms with Gasteiger partial charge < -0.3 is 15.1 Å². The summed E-state index contributed by atoms with van der Waals surface area (Å²) < 4.78 is 0. The lowest BCUT2D eigenvalue weighted by molar-refractivity contribution is -0.127. The monoisotopic (exact) mass is 284 g/mol. The Bertz CT molecular complexity index is 401. The highest BCUT2D eigenvalue weighted by atomic mass is 32.1. The third kappa shape index (κ3) is 2.65. The number of fused-ring (bicyclic) bond motifs is 1. The molecule has 2 saturated heterocycles. The van der Waals surface area contributed by atoms with E-state index in [1.165, 1.54) is 17.7 Å². The zero-order valence-corrected chi connectivity index (χ0v) is 12.1. The molecule has 0 spiro atoms. The number of carbonyl (C=O) groups excluding carboxylic acids is 2. The molecule has 0 aliphatic carbocycles. The van der Waals surface area contributed by atoms with Gasteiger partial charge in [-0.3, -0.25) is 10.1 Å². The average molecular weight is 284 g/mol. The molecule has 0 saturated carbocycles. The molecule has 19 heavy (non-hydrogen) atoms. The zero-order valence-electron chi connectivity index (χ0n) is 11.3. The van der Waals surface area contributed by atoms with Crippen LogP contribution in [0.5, 0.6) is 0 Å². The van der Waals surface area contributed by atoms with Crippen molar-refractivity contribution in [1.82, 2.24) is 20.4 Å². The molecule has 0 aromatic rings. The molecule has 2 fully saturated rings. The maximum atomic E-state index is 12.0. The van der Waals surface area contributed by atoms with Gasteiger partial charge in [-0.1, -0.05) is 26.2 Å². The first kappa shape index (κ1) is 14.0. The number of imide groups is 1. The van der Waals surface area contributed by atoms with Crippen molar-refractivity contribution in [2.24, 2.45) is 0 Å². The minimum absolute atomic E-state index is 0.268. The summed E-state index contributed by atoms with van der Waals surface area (Å²) in [7, 11) is 1.66. The number of thiocarbonyl (C=S) groups is 1. The van der Waals surface area contributed by atoms with E-state index in [1.54, 1.807) is 7.05 Å². The Hall–Kier alpha value is -1.37. The number of unbranched alkanes of at least 4 members (excludes halogenated alkanes) is 3. The number of hydrogen-bond acceptors (Lipinski definition) is 3. The van der Waals surface area contributed by atoms with Crippen LogP contribution in [0.2, 0.25) is 0 Å². The normalized spacial score (nSPS) is 26.3. The van der Waals surface area contributed by atoms with Gasteiger partial charge in [-0.2, -0.15) is 0 Å². The summed E-state index contributed by atoms with van der Waals surface area (Å²) in [5.41, 5.74) is 0. The van der Waals surface area contributed by atoms with E-state index in [1.807, 2.05) is 4.90 Å². The van der Waals surface area contributed by atoms with Crippen LogP contribution in [0.25, 0.3) is 0 Å². The second kappa shape index (κ2) is 5.73. The van der Waals surface area contributed by atoms with Crippen molar-refractivity contribution in [2.45, 2.75) is 44.8 Å². The van der Waals surface area contributed by atoms with Crippen LogP contribution in [0.3, 0.4) is 0 Å². The molecule has 2 atom stereocenters. The van der Waals surface area contributed by atoms with Gasteiger partial charge in [0.05, 0.1) is 0 Å². The Labute approximate surface area is 118 Å². The summed E-state index contributed by atoms with van der Waals surface area (Å²) >= 11 is 5.27. The van der Waals surface area contributed by atoms with E-state index in [-0.39, 0.29) is 18.1 Å². The highest BCUT2D eigenvalue weighted by Gasteiger charge is 2.48. The Balaban J connectivity index is 2.02. The van der Waals surface area contributed by atoms with Crippen LogP contribution in [0, 0.1) is 0 Å². The molecule has 106 valence electrons. The maximum Gasteiger partial charge on any atom is 0.325 e. The molecule has 2 aliphatic heterocycles. The van der Waals surface area contributed by atoms with Crippen LogP contribution in [-0.4, -0.2) is 52.7 Å². The van der Waals surface area contributed by atoms with Crippen LogP contribution < -0.4 is 10.6 Å². The summed E-state index contributed by atoms with van der Waals surface area (Å²) in [5.74, 6) is -0.268. The highest BCUT2D eigenvalue weighted by Crippen LogP contribution is 2.21. The molecule has 0 radical (unpaired) electrons. The standard InChI is InChI=1S/C12H20N4O2S/c1-3-4-5-6-7-16-8-9(13-12(16)19)15(2)11(18)14-10(8)17/h8-9H,3-7H2,1-2H3,(H,13,19)(H,14,17,18). The SMILES string of the molecule is CCCCCCN1C(=S)NC2C1C(=O)NC(=O)N2C. The van der Waals surface area contributed by atoms with E-state index in [0.29, 0.717) is 5.11 Å². The molecule has 3 amide bonds. The Kier molecular flexibility index (Phi) is 4.24. The molecule has 2 aliphatic rings. The van der Waals surface area contributed by atoms with Crippen molar-refractivity contribution in [3.05, 3.63) is 0 Å². The molecule has 2 unspecified atom stereocenters. The first-order chi connectivity index (χ1) is 9.06. The van der Waals surface area contributed by atoms with Gasteiger partial charge in [0.2, 0.25) is 0 Å². The van der Waals surface area contributed by atoms with E-state index < -0.39 is 6.04 Å². The molecule has 6 nitrogen and oxygen atoms in total. The Morgan fingerprint density at radius 2 is 2.00 bits per heavy atom. The molecular formula is C12H20N4O2S. The Morgan fingerprint density at radius 3 is 2.68 bits per heavy atom. The fourth-order valence-electron chi connectivity index (χ4n) is 2.52. The molecule has 0 bridgehead atoms. The summed E-state index contributed by atoms with van der Waals surface area (Å²) in [6.45, 7) is 2.91. The molecular weight excluding hydrogens is 264 g/mol. The summed E-state index contributed by atoms with van der Waals surface area (Å²) in [5, 5.41) is 5.98. The molecule has 7 heteroatoms.